The van der Waals surface area contributed by atoms with Crippen LogP contribution >= 0.6 is 0 Å². The van der Waals surface area contributed by atoms with Gasteiger partial charge in [-0.05, 0) is 24.3 Å². The summed E-state index contributed by atoms with van der Waals surface area (Å²) < 4.78 is 17.3. The lowest BCUT2D eigenvalue weighted by atomic mass is 10.3. The maximum atomic E-state index is 12.5. The van der Waals surface area contributed by atoms with E-state index in [4.69, 9.17) is 4.74 Å². The molecule has 0 fully saturated rings. The van der Waals surface area contributed by atoms with Crippen LogP contribution in [-0.2, 0) is 4.74 Å². The minimum Gasteiger partial charge on any atom is -0.389 e. The zero-order valence-electron chi connectivity index (χ0n) is 8.03. The summed E-state index contributed by atoms with van der Waals surface area (Å²) in [7, 11) is 1.53. The molecule has 0 aliphatic heterocycles. The Hall–Kier alpha value is -1.13. The third-order valence-corrected chi connectivity index (χ3v) is 1.75. The SMILES string of the molecule is COCC(O)CNc1ccc(F)cc1. The van der Waals surface area contributed by atoms with Gasteiger partial charge in [0.2, 0.25) is 0 Å². The van der Waals surface area contributed by atoms with Crippen molar-refractivity contribution in [3.05, 3.63) is 30.1 Å². The van der Waals surface area contributed by atoms with Crippen LogP contribution in [0, 0.1) is 5.82 Å². The smallest absolute Gasteiger partial charge is 0.123 e. The van der Waals surface area contributed by atoms with Crippen molar-refractivity contribution < 1.29 is 14.2 Å². The Morgan fingerprint density at radius 3 is 2.64 bits per heavy atom. The van der Waals surface area contributed by atoms with E-state index in [0.29, 0.717) is 6.54 Å². The molecule has 14 heavy (non-hydrogen) atoms. The summed E-state index contributed by atoms with van der Waals surface area (Å²) in [6, 6.07) is 5.97. The second-order valence-electron chi connectivity index (χ2n) is 3.00. The molecule has 4 heteroatoms. The highest BCUT2D eigenvalue weighted by atomic mass is 19.1. The fourth-order valence-corrected chi connectivity index (χ4v) is 1.05. The van der Waals surface area contributed by atoms with Gasteiger partial charge >= 0.3 is 0 Å². The topological polar surface area (TPSA) is 41.5 Å². The van der Waals surface area contributed by atoms with Crippen LogP contribution in [0.15, 0.2) is 24.3 Å². The molecule has 0 spiro atoms. The number of hydrogen-bond acceptors (Lipinski definition) is 3. The van der Waals surface area contributed by atoms with Gasteiger partial charge in [-0.1, -0.05) is 0 Å². The molecule has 1 aromatic rings. The minimum atomic E-state index is -0.551. The van der Waals surface area contributed by atoms with Crippen molar-refractivity contribution in [2.75, 3.05) is 25.6 Å². The zero-order valence-corrected chi connectivity index (χ0v) is 8.03. The number of halogens is 1. The molecule has 2 N–H and O–H groups in total. The molecule has 1 atom stereocenters. The Morgan fingerprint density at radius 1 is 1.43 bits per heavy atom. The molecule has 0 bridgehead atoms. The van der Waals surface area contributed by atoms with E-state index < -0.39 is 6.10 Å². The molecular weight excluding hydrogens is 185 g/mol. The van der Waals surface area contributed by atoms with Gasteiger partial charge in [-0.15, -0.1) is 0 Å². The average Bonchev–Trinajstić information content (AvgIpc) is 2.17. The first-order chi connectivity index (χ1) is 6.72. The number of aliphatic hydroxyl groups is 1. The summed E-state index contributed by atoms with van der Waals surface area (Å²) in [4.78, 5) is 0. The Labute approximate surface area is 82.5 Å². The Kier molecular flexibility index (Phi) is 4.35. The Bertz CT molecular complexity index is 263. The molecule has 1 rings (SSSR count). The number of nitrogens with one attached hydrogen (secondary N) is 1. The van der Waals surface area contributed by atoms with Crippen LogP contribution in [0.3, 0.4) is 0 Å². The maximum absolute atomic E-state index is 12.5. The van der Waals surface area contributed by atoms with Crippen molar-refractivity contribution in [2.24, 2.45) is 0 Å². The first kappa shape index (κ1) is 10.9. The highest BCUT2D eigenvalue weighted by molar-refractivity contribution is 5.42. The summed E-state index contributed by atoms with van der Waals surface area (Å²) in [6.45, 7) is 0.674. The second-order valence-corrected chi connectivity index (χ2v) is 3.00. The minimum absolute atomic E-state index is 0.270. The standard InChI is InChI=1S/C10H14FNO2/c1-14-7-10(13)6-12-9-4-2-8(11)3-5-9/h2-5,10,12-13H,6-7H2,1H3. The number of aliphatic hydroxyl groups excluding tert-OH is 1. The van der Waals surface area contributed by atoms with Crippen molar-refractivity contribution in [3.8, 4) is 0 Å². The molecular formula is C10H14FNO2. The van der Waals surface area contributed by atoms with Gasteiger partial charge in [-0.25, -0.2) is 4.39 Å². The zero-order chi connectivity index (χ0) is 10.4. The lowest BCUT2D eigenvalue weighted by molar-refractivity contribution is 0.0727. The highest BCUT2D eigenvalue weighted by Crippen LogP contribution is 2.07. The summed E-state index contributed by atoms with van der Waals surface area (Å²) in [5.41, 5.74) is 0.779. The van der Waals surface area contributed by atoms with E-state index in [1.807, 2.05) is 0 Å². The van der Waals surface area contributed by atoms with Gasteiger partial charge in [0.15, 0.2) is 0 Å². The van der Waals surface area contributed by atoms with E-state index in [1.165, 1.54) is 19.2 Å². The molecule has 0 aliphatic rings. The van der Waals surface area contributed by atoms with Crippen molar-refractivity contribution in [1.29, 1.82) is 0 Å². The molecule has 1 unspecified atom stereocenters. The van der Waals surface area contributed by atoms with Crippen LogP contribution in [0.1, 0.15) is 0 Å². The number of ether oxygens (including phenoxy) is 1. The molecule has 0 aliphatic carbocycles. The number of methoxy groups -OCH3 is 1. The number of rotatable bonds is 5. The largest absolute Gasteiger partial charge is 0.389 e. The molecule has 3 nitrogen and oxygen atoms in total. The van der Waals surface area contributed by atoms with E-state index in [-0.39, 0.29) is 12.4 Å². The molecule has 0 aromatic heterocycles. The summed E-state index contributed by atoms with van der Waals surface area (Å²) in [6.07, 6.45) is -0.551. The van der Waals surface area contributed by atoms with E-state index in [0.717, 1.165) is 5.69 Å². The molecule has 0 radical (unpaired) electrons. The Morgan fingerprint density at radius 2 is 2.07 bits per heavy atom. The van der Waals surface area contributed by atoms with E-state index in [1.54, 1.807) is 12.1 Å². The predicted octanol–water partition coefficient (Wildman–Crippen LogP) is 1.24. The fourth-order valence-electron chi connectivity index (χ4n) is 1.05. The van der Waals surface area contributed by atoms with Crippen molar-refractivity contribution >= 4 is 5.69 Å². The van der Waals surface area contributed by atoms with Gasteiger partial charge in [0, 0.05) is 19.3 Å². The first-order valence-electron chi connectivity index (χ1n) is 4.39. The summed E-state index contributed by atoms with van der Waals surface area (Å²) >= 11 is 0. The van der Waals surface area contributed by atoms with Gasteiger partial charge in [0.1, 0.15) is 5.82 Å². The predicted molar refractivity (Wildman–Crippen MR) is 52.8 cm³/mol. The summed E-state index contributed by atoms with van der Waals surface area (Å²) in [5, 5.41) is 12.3. The van der Waals surface area contributed by atoms with Crippen LogP contribution in [0.4, 0.5) is 10.1 Å². The quantitative estimate of drug-likeness (QED) is 0.749. The average molecular weight is 199 g/mol. The van der Waals surface area contributed by atoms with Gasteiger partial charge in [-0.2, -0.15) is 0 Å². The molecule has 1 aromatic carbocycles. The van der Waals surface area contributed by atoms with Gasteiger partial charge in [0.05, 0.1) is 12.7 Å². The lowest BCUT2D eigenvalue weighted by Crippen LogP contribution is -2.24. The van der Waals surface area contributed by atoms with E-state index in [9.17, 15) is 9.50 Å². The number of hydrogen-bond donors (Lipinski definition) is 2. The van der Waals surface area contributed by atoms with E-state index in [2.05, 4.69) is 5.32 Å². The van der Waals surface area contributed by atoms with Crippen molar-refractivity contribution in [3.63, 3.8) is 0 Å². The van der Waals surface area contributed by atoms with Crippen LogP contribution in [-0.4, -0.2) is 31.5 Å². The second kappa shape index (κ2) is 5.57. The fraction of sp³-hybridized carbons (Fsp3) is 0.400. The highest BCUT2D eigenvalue weighted by Gasteiger charge is 2.02. The number of anilines is 1. The van der Waals surface area contributed by atoms with Crippen LogP contribution in [0.2, 0.25) is 0 Å². The lowest BCUT2D eigenvalue weighted by Gasteiger charge is -2.11. The number of benzene rings is 1. The third-order valence-electron chi connectivity index (χ3n) is 1.75. The van der Waals surface area contributed by atoms with Gasteiger partial charge < -0.3 is 15.2 Å². The summed E-state index contributed by atoms with van der Waals surface area (Å²) in [5.74, 6) is -0.270. The Balaban J connectivity index is 2.34. The normalized spacial score (nSPS) is 12.5. The molecule has 78 valence electrons. The maximum Gasteiger partial charge on any atom is 0.123 e. The van der Waals surface area contributed by atoms with Crippen molar-refractivity contribution in [2.45, 2.75) is 6.10 Å². The van der Waals surface area contributed by atoms with Gasteiger partial charge in [0.25, 0.3) is 0 Å². The molecule has 0 saturated carbocycles. The van der Waals surface area contributed by atoms with Crippen LogP contribution in [0.5, 0.6) is 0 Å². The molecule has 0 saturated heterocycles. The third kappa shape index (κ3) is 3.72. The van der Waals surface area contributed by atoms with Crippen molar-refractivity contribution in [1.82, 2.24) is 0 Å². The first-order valence-corrected chi connectivity index (χ1v) is 4.39. The van der Waals surface area contributed by atoms with Crippen LogP contribution < -0.4 is 5.32 Å². The van der Waals surface area contributed by atoms with E-state index >= 15 is 0 Å². The molecule has 0 heterocycles. The van der Waals surface area contributed by atoms with Crippen LogP contribution in [0.25, 0.3) is 0 Å². The molecule has 0 amide bonds. The van der Waals surface area contributed by atoms with Gasteiger partial charge in [-0.3, -0.25) is 0 Å². The monoisotopic (exact) mass is 199 g/mol.